The number of halogens is 1. The first-order valence-electron chi connectivity index (χ1n) is 6.95. The van der Waals surface area contributed by atoms with Crippen molar-refractivity contribution in [3.8, 4) is 0 Å². The fraction of sp³-hybridized carbons (Fsp3) is 0.533. The third-order valence-electron chi connectivity index (χ3n) is 3.69. The summed E-state index contributed by atoms with van der Waals surface area (Å²) in [5.74, 6) is 0.400. The van der Waals surface area contributed by atoms with Crippen molar-refractivity contribution in [2.45, 2.75) is 19.8 Å². The first-order valence-corrected chi connectivity index (χ1v) is 7.74. The molecule has 0 aliphatic carbocycles. The molecule has 0 aromatic heterocycles. The Labute approximate surface area is 123 Å². The highest BCUT2D eigenvalue weighted by atomic mass is 79.9. The van der Waals surface area contributed by atoms with Crippen LogP contribution in [0.3, 0.4) is 0 Å². The Hall–Kier alpha value is -0.870. The summed E-state index contributed by atoms with van der Waals surface area (Å²) in [6.07, 6.45) is 1.71. The van der Waals surface area contributed by atoms with E-state index in [4.69, 9.17) is 0 Å². The third-order valence-corrected chi connectivity index (χ3v) is 4.47. The Kier molecular flexibility index (Phi) is 5.40. The lowest BCUT2D eigenvalue weighted by Crippen LogP contribution is -2.48. The van der Waals surface area contributed by atoms with E-state index in [1.165, 1.54) is 5.56 Å². The summed E-state index contributed by atoms with van der Waals surface area (Å²) in [6, 6.07) is 8.17. The van der Waals surface area contributed by atoms with Gasteiger partial charge in [0.2, 0.25) is 5.91 Å². The highest BCUT2D eigenvalue weighted by molar-refractivity contribution is 9.10. The van der Waals surface area contributed by atoms with E-state index in [9.17, 15) is 4.79 Å². The van der Waals surface area contributed by atoms with Crippen LogP contribution in [0.1, 0.15) is 18.9 Å². The van der Waals surface area contributed by atoms with Crippen molar-refractivity contribution in [3.63, 3.8) is 0 Å². The zero-order chi connectivity index (χ0) is 13.7. The van der Waals surface area contributed by atoms with Crippen molar-refractivity contribution < 1.29 is 4.79 Å². The van der Waals surface area contributed by atoms with Crippen LogP contribution in [0.15, 0.2) is 28.7 Å². The lowest BCUT2D eigenvalue weighted by atomic mass is 9.95. The minimum atomic E-state index is 0.0943. The summed E-state index contributed by atoms with van der Waals surface area (Å²) in [5.41, 5.74) is 1.22. The molecule has 104 valence electrons. The highest BCUT2D eigenvalue weighted by Crippen LogP contribution is 2.22. The van der Waals surface area contributed by atoms with E-state index in [0.29, 0.717) is 5.91 Å². The van der Waals surface area contributed by atoms with Gasteiger partial charge in [-0.05, 0) is 24.5 Å². The fourth-order valence-corrected chi connectivity index (χ4v) is 2.93. The lowest BCUT2D eigenvalue weighted by molar-refractivity contribution is -0.136. The van der Waals surface area contributed by atoms with Gasteiger partial charge < -0.3 is 10.2 Å². The van der Waals surface area contributed by atoms with Crippen LogP contribution in [0, 0.1) is 5.92 Å². The molecule has 1 fully saturated rings. The normalized spacial score (nSPS) is 17.3. The first kappa shape index (κ1) is 14.5. The molecule has 4 heteroatoms. The maximum absolute atomic E-state index is 12.5. The highest BCUT2D eigenvalue weighted by Gasteiger charge is 2.24. The van der Waals surface area contributed by atoms with E-state index in [1.807, 2.05) is 23.1 Å². The molecule has 19 heavy (non-hydrogen) atoms. The van der Waals surface area contributed by atoms with Gasteiger partial charge in [-0.15, -0.1) is 0 Å². The predicted octanol–water partition coefficient (Wildman–Crippen LogP) is 2.45. The number of nitrogens with one attached hydrogen (secondary N) is 1. The van der Waals surface area contributed by atoms with E-state index >= 15 is 0 Å². The van der Waals surface area contributed by atoms with Crippen molar-refractivity contribution >= 4 is 21.8 Å². The molecule has 1 aromatic rings. The summed E-state index contributed by atoms with van der Waals surface area (Å²) in [5, 5.41) is 3.28. The van der Waals surface area contributed by atoms with Crippen LogP contribution in [0.25, 0.3) is 0 Å². The zero-order valence-electron chi connectivity index (χ0n) is 11.4. The topological polar surface area (TPSA) is 32.3 Å². The molecule has 0 radical (unpaired) electrons. The monoisotopic (exact) mass is 324 g/mol. The van der Waals surface area contributed by atoms with Gasteiger partial charge in [0.15, 0.2) is 0 Å². The number of hydrogen-bond acceptors (Lipinski definition) is 2. The van der Waals surface area contributed by atoms with Gasteiger partial charge in [0.1, 0.15) is 0 Å². The van der Waals surface area contributed by atoms with Crippen LogP contribution >= 0.6 is 15.9 Å². The van der Waals surface area contributed by atoms with E-state index in [2.05, 4.69) is 34.2 Å². The van der Waals surface area contributed by atoms with Crippen molar-refractivity contribution in [1.82, 2.24) is 10.2 Å². The van der Waals surface area contributed by atoms with E-state index in [0.717, 1.165) is 43.5 Å². The summed E-state index contributed by atoms with van der Waals surface area (Å²) < 4.78 is 1.10. The first-order chi connectivity index (χ1) is 9.22. The van der Waals surface area contributed by atoms with Gasteiger partial charge in [-0.2, -0.15) is 0 Å². The molecule has 1 N–H and O–H groups in total. The summed E-state index contributed by atoms with van der Waals surface area (Å²) in [7, 11) is 0. The maximum Gasteiger partial charge on any atom is 0.226 e. The number of amides is 1. The molecule has 1 atom stereocenters. The van der Waals surface area contributed by atoms with Gasteiger partial charge >= 0.3 is 0 Å². The molecule has 0 bridgehead atoms. The Morgan fingerprint density at radius 2 is 2.05 bits per heavy atom. The van der Waals surface area contributed by atoms with Gasteiger partial charge in [0.25, 0.3) is 0 Å². The molecule has 0 spiro atoms. The molecular formula is C15H21BrN2O. The Balaban J connectivity index is 2.03. The minimum absolute atomic E-state index is 0.0943. The molecule has 1 aliphatic rings. The van der Waals surface area contributed by atoms with Crippen LogP contribution in [-0.4, -0.2) is 37.0 Å². The maximum atomic E-state index is 12.5. The SMILES string of the molecule is CCC(Cc1ccccc1Br)C(=O)N1CCNCC1. The largest absolute Gasteiger partial charge is 0.340 e. The summed E-state index contributed by atoms with van der Waals surface area (Å²) in [4.78, 5) is 14.5. The van der Waals surface area contributed by atoms with Gasteiger partial charge in [-0.25, -0.2) is 0 Å². The second-order valence-corrected chi connectivity index (χ2v) is 5.83. The minimum Gasteiger partial charge on any atom is -0.340 e. The Morgan fingerprint density at radius 1 is 1.37 bits per heavy atom. The van der Waals surface area contributed by atoms with Crippen LogP contribution in [0.4, 0.5) is 0 Å². The van der Waals surface area contributed by atoms with Gasteiger partial charge in [0, 0.05) is 36.6 Å². The molecule has 1 heterocycles. The van der Waals surface area contributed by atoms with Gasteiger partial charge in [-0.3, -0.25) is 4.79 Å². The quantitative estimate of drug-likeness (QED) is 0.922. The second-order valence-electron chi connectivity index (χ2n) is 4.98. The average molecular weight is 325 g/mol. The number of nitrogens with zero attached hydrogens (tertiary/aromatic N) is 1. The number of carbonyl (C=O) groups excluding carboxylic acids is 1. The van der Waals surface area contributed by atoms with Crippen LogP contribution < -0.4 is 5.32 Å². The molecule has 2 rings (SSSR count). The number of piperazine rings is 1. The lowest BCUT2D eigenvalue weighted by Gasteiger charge is -2.30. The van der Waals surface area contributed by atoms with Gasteiger partial charge in [-0.1, -0.05) is 41.1 Å². The van der Waals surface area contributed by atoms with Crippen molar-refractivity contribution in [2.24, 2.45) is 5.92 Å². The third kappa shape index (κ3) is 3.80. The summed E-state index contributed by atoms with van der Waals surface area (Å²) in [6.45, 7) is 5.60. The molecule has 1 unspecified atom stereocenters. The average Bonchev–Trinajstić information content (AvgIpc) is 2.47. The standard InChI is InChI=1S/C15H21BrN2O/c1-2-12(11-13-5-3-4-6-14(13)16)15(19)18-9-7-17-8-10-18/h3-6,12,17H,2,7-11H2,1H3. The second kappa shape index (κ2) is 7.06. The number of benzene rings is 1. The zero-order valence-corrected chi connectivity index (χ0v) is 12.9. The van der Waals surface area contributed by atoms with Crippen molar-refractivity contribution in [3.05, 3.63) is 34.3 Å². The van der Waals surface area contributed by atoms with Crippen LogP contribution in [0.5, 0.6) is 0 Å². The van der Waals surface area contributed by atoms with Gasteiger partial charge in [0.05, 0.1) is 0 Å². The smallest absolute Gasteiger partial charge is 0.226 e. The predicted molar refractivity (Wildman–Crippen MR) is 81.1 cm³/mol. The van der Waals surface area contributed by atoms with Crippen molar-refractivity contribution in [1.29, 1.82) is 0 Å². The molecule has 1 saturated heterocycles. The summed E-state index contributed by atoms with van der Waals surface area (Å²) >= 11 is 3.56. The number of carbonyl (C=O) groups is 1. The van der Waals surface area contributed by atoms with E-state index in [1.54, 1.807) is 0 Å². The number of hydrogen-bond donors (Lipinski definition) is 1. The molecule has 1 amide bonds. The molecule has 0 saturated carbocycles. The van der Waals surface area contributed by atoms with Crippen LogP contribution in [-0.2, 0) is 11.2 Å². The molecule has 1 aromatic carbocycles. The number of rotatable bonds is 4. The van der Waals surface area contributed by atoms with E-state index in [-0.39, 0.29) is 5.92 Å². The Morgan fingerprint density at radius 3 is 2.68 bits per heavy atom. The fourth-order valence-electron chi connectivity index (χ4n) is 2.48. The Bertz CT molecular complexity index is 430. The van der Waals surface area contributed by atoms with Crippen LogP contribution in [0.2, 0.25) is 0 Å². The molecule has 1 aliphatic heterocycles. The van der Waals surface area contributed by atoms with E-state index < -0.39 is 0 Å². The molecular weight excluding hydrogens is 304 g/mol. The molecule has 3 nitrogen and oxygen atoms in total. The van der Waals surface area contributed by atoms with Crippen molar-refractivity contribution in [2.75, 3.05) is 26.2 Å².